The van der Waals surface area contributed by atoms with Gasteiger partial charge in [-0.15, -0.1) is 0 Å². The molecule has 2 heterocycles. The molecule has 0 fully saturated rings. The van der Waals surface area contributed by atoms with Crippen molar-refractivity contribution in [1.82, 2.24) is 4.57 Å². The Kier molecular flexibility index (Phi) is 4.55. The van der Waals surface area contributed by atoms with E-state index in [9.17, 15) is 9.59 Å². The molecule has 0 aliphatic carbocycles. The Balaban J connectivity index is 1.86. The van der Waals surface area contributed by atoms with Gasteiger partial charge >= 0.3 is 6.09 Å². The van der Waals surface area contributed by atoms with E-state index < -0.39 is 11.7 Å². The van der Waals surface area contributed by atoms with Gasteiger partial charge in [0.25, 0.3) is 0 Å². The number of aromatic nitrogens is 1. The van der Waals surface area contributed by atoms with Gasteiger partial charge in [-0.3, -0.25) is 4.79 Å². The number of ketones is 1. The van der Waals surface area contributed by atoms with Crippen LogP contribution in [-0.4, -0.2) is 27.8 Å². The molecule has 0 saturated carbocycles. The number of hydrogen-bond donors (Lipinski definition) is 0. The monoisotopic (exact) mass is 422 g/mol. The lowest BCUT2D eigenvalue weighted by Crippen LogP contribution is -2.30. The average Bonchev–Trinajstić information content (AvgIpc) is 3.28. The molecule has 0 amide bonds. The number of carbonyl (C=O) groups is 2. The molecule has 5 rings (SSSR count). The minimum atomic E-state index is -0.697. The minimum absolute atomic E-state index is 0.203. The number of rotatable bonds is 2. The van der Waals surface area contributed by atoms with Crippen LogP contribution in [0.15, 0.2) is 83.9 Å². The molecule has 0 atom stereocenters. The smallest absolute Gasteiger partial charge is 0.419 e. The number of ether oxygens (including phenoxy) is 1. The summed E-state index contributed by atoms with van der Waals surface area (Å²) in [6.07, 6.45) is -0.544. The van der Waals surface area contributed by atoms with E-state index in [0.717, 1.165) is 16.5 Å². The van der Waals surface area contributed by atoms with Crippen LogP contribution in [0.5, 0.6) is 0 Å². The van der Waals surface area contributed by atoms with Crippen molar-refractivity contribution in [3.8, 4) is 11.1 Å². The van der Waals surface area contributed by atoms with Crippen molar-refractivity contribution < 1.29 is 14.3 Å². The summed E-state index contributed by atoms with van der Waals surface area (Å²) in [7, 11) is 0. The molecule has 1 aromatic heterocycles. The maximum Gasteiger partial charge on any atom is 0.419 e. The molecule has 0 bridgehead atoms. The predicted octanol–water partition coefficient (Wildman–Crippen LogP) is 6.41. The number of nitrogens with zero attached hydrogens (tertiary/aromatic N) is 2. The third kappa shape index (κ3) is 3.23. The standard InChI is InChI=1S/C27H22N2O3/c1-27(2,3)32-26(31)29-21-16-10-8-14-19(21)22(17-11-5-4-6-12-17)24(29)23-25(30)18-13-7-9-15-20(18)28-23/h4-16H,1-3H3. The second-order valence-electron chi connectivity index (χ2n) is 8.73. The number of hydrogen-bond acceptors (Lipinski definition) is 4. The molecule has 3 aromatic carbocycles. The fourth-order valence-corrected chi connectivity index (χ4v) is 4.08. The van der Waals surface area contributed by atoms with Crippen molar-refractivity contribution in [3.05, 3.63) is 90.1 Å². The minimum Gasteiger partial charge on any atom is -0.443 e. The SMILES string of the molecule is CC(C)(C)OC(=O)n1c(C2=Nc3ccccc3C2=O)c(-c2ccccc2)c2ccccc21. The molecule has 0 unspecified atom stereocenters. The lowest BCUT2D eigenvalue weighted by Gasteiger charge is -2.21. The molecule has 0 N–H and O–H groups in total. The van der Waals surface area contributed by atoms with Crippen molar-refractivity contribution in [2.45, 2.75) is 26.4 Å². The fraction of sp³-hybridized carbons (Fsp3) is 0.148. The largest absolute Gasteiger partial charge is 0.443 e. The Hall–Kier alpha value is -3.99. The molecule has 0 spiro atoms. The third-order valence-electron chi connectivity index (χ3n) is 5.33. The molecule has 0 saturated heterocycles. The lowest BCUT2D eigenvalue weighted by atomic mass is 9.97. The molecule has 1 aliphatic heterocycles. The summed E-state index contributed by atoms with van der Waals surface area (Å²) in [5.74, 6) is -0.203. The van der Waals surface area contributed by atoms with E-state index in [4.69, 9.17) is 4.74 Å². The van der Waals surface area contributed by atoms with Crippen molar-refractivity contribution in [1.29, 1.82) is 0 Å². The Morgan fingerprint density at radius 2 is 1.53 bits per heavy atom. The van der Waals surface area contributed by atoms with Crippen LogP contribution in [-0.2, 0) is 4.74 Å². The number of fused-ring (bicyclic) bond motifs is 2. The highest BCUT2D eigenvalue weighted by Gasteiger charge is 2.34. The highest BCUT2D eigenvalue weighted by molar-refractivity contribution is 6.56. The molecule has 4 aromatic rings. The first kappa shape index (κ1) is 19.9. The van der Waals surface area contributed by atoms with Gasteiger partial charge < -0.3 is 4.74 Å². The van der Waals surface area contributed by atoms with Gasteiger partial charge in [-0.1, -0.05) is 60.7 Å². The highest BCUT2D eigenvalue weighted by Crippen LogP contribution is 2.39. The first-order valence-corrected chi connectivity index (χ1v) is 10.5. The van der Waals surface area contributed by atoms with Crippen LogP contribution in [0.25, 0.3) is 22.0 Å². The van der Waals surface area contributed by atoms with Gasteiger partial charge in [0, 0.05) is 16.5 Å². The van der Waals surface area contributed by atoms with Gasteiger partial charge in [0.05, 0.1) is 16.9 Å². The first-order chi connectivity index (χ1) is 15.3. The van der Waals surface area contributed by atoms with Crippen LogP contribution in [0.2, 0.25) is 0 Å². The van der Waals surface area contributed by atoms with E-state index in [0.29, 0.717) is 22.5 Å². The van der Waals surface area contributed by atoms with Crippen molar-refractivity contribution >= 4 is 34.2 Å². The van der Waals surface area contributed by atoms with Crippen LogP contribution in [0, 0.1) is 0 Å². The molecule has 1 aliphatic rings. The molecule has 5 nitrogen and oxygen atoms in total. The van der Waals surface area contributed by atoms with Crippen molar-refractivity contribution in [2.24, 2.45) is 4.99 Å². The van der Waals surface area contributed by atoms with Crippen molar-refractivity contribution in [2.75, 3.05) is 0 Å². The van der Waals surface area contributed by atoms with Crippen LogP contribution >= 0.6 is 0 Å². The second kappa shape index (κ2) is 7.31. The van der Waals surface area contributed by atoms with E-state index in [2.05, 4.69) is 4.99 Å². The Labute approximate surface area is 186 Å². The molecule has 5 heteroatoms. The molecular weight excluding hydrogens is 400 g/mol. The van der Waals surface area contributed by atoms with E-state index in [1.165, 1.54) is 4.57 Å². The fourth-order valence-electron chi connectivity index (χ4n) is 4.08. The van der Waals surface area contributed by atoms with E-state index in [1.807, 2.05) is 93.6 Å². The van der Waals surface area contributed by atoms with E-state index in [-0.39, 0.29) is 11.5 Å². The zero-order chi connectivity index (χ0) is 22.5. The van der Waals surface area contributed by atoms with Crippen LogP contribution < -0.4 is 0 Å². The normalized spacial score (nSPS) is 13.2. The highest BCUT2D eigenvalue weighted by atomic mass is 16.6. The number of aliphatic imine (C=N–C) groups is 1. The average molecular weight is 422 g/mol. The zero-order valence-corrected chi connectivity index (χ0v) is 18.1. The Morgan fingerprint density at radius 1 is 0.875 bits per heavy atom. The zero-order valence-electron chi connectivity index (χ0n) is 18.1. The number of Topliss-reactive ketones (excluding diaryl/α,β-unsaturated/α-hetero) is 1. The maximum atomic E-state index is 13.5. The first-order valence-electron chi connectivity index (χ1n) is 10.5. The van der Waals surface area contributed by atoms with Gasteiger partial charge in [-0.25, -0.2) is 14.4 Å². The van der Waals surface area contributed by atoms with Gasteiger partial charge in [-0.2, -0.15) is 0 Å². The summed E-state index contributed by atoms with van der Waals surface area (Å²) in [5.41, 5.74) is 3.48. The summed E-state index contributed by atoms with van der Waals surface area (Å²) < 4.78 is 7.24. The van der Waals surface area contributed by atoms with Gasteiger partial charge in [0.2, 0.25) is 5.78 Å². The van der Waals surface area contributed by atoms with Crippen LogP contribution in [0.1, 0.15) is 36.8 Å². The van der Waals surface area contributed by atoms with Gasteiger partial charge in [0.1, 0.15) is 11.3 Å². The van der Waals surface area contributed by atoms with E-state index in [1.54, 1.807) is 6.07 Å². The predicted molar refractivity (Wildman–Crippen MR) is 126 cm³/mol. The summed E-state index contributed by atoms with van der Waals surface area (Å²) in [6, 6.07) is 24.6. The van der Waals surface area contributed by atoms with E-state index >= 15 is 0 Å². The van der Waals surface area contributed by atoms with Crippen molar-refractivity contribution in [3.63, 3.8) is 0 Å². The van der Waals surface area contributed by atoms with Gasteiger partial charge in [-0.05, 0) is 44.5 Å². The Bertz CT molecular complexity index is 1410. The summed E-state index contributed by atoms with van der Waals surface area (Å²) in [5, 5.41) is 0.853. The lowest BCUT2D eigenvalue weighted by molar-refractivity contribution is 0.0544. The number of carbonyl (C=O) groups excluding carboxylic acids is 2. The van der Waals surface area contributed by atoms with Crippen LogP contribution in [0.4, 0.5) is 10.5 Å². The number of benzene rings is 3. The van der Waals surface area contributed by atoms with Crippen LogP contribution in [0.3, 0.4) is 0 Å². The molecule has 158 valence electrons. The second-order valence-corrected chi connectivity index (χ2v) is 8.73. The molecular formula is C27H22N2O3. The Morgan fingerprint density at radius 3 is 2.25 bits per heavy atom. The maximum absolute atomic E-state index is 13.5. The molecule has 32 heavy (non-hydrogen) atoms. The number of para-hydroxylation sites is 2. The summed E-state index contributed by atoms with van der Waals surface area (Å²) in [6.45, 7) is 5.47. The summed E-state index contributed by atoms with van der Waals surface area (Å²) in [4.78, 5) is 31.5. The van der Waals surface area contributed by atoms with Gasteiger partial charge in [0.15, 0.2) is 0 Å². The molecule has 0 radical (unpaired) electrons. The quantitative estimate of drug-likeness (QED) is 0.375. The summed E-state index contributed by atoms with van der Waals surface area (Å²) >= 11 is 0. The third-order valence-corrected chi connectivity index (χ3v) is 5.33. The topological polar surface area (TPSA) is 60.7 Å².